The minimum absolute atomic E-state index is 0.160. The van der Waals surface area contributed by atoms with Gasteiger partial charge in [0.25, 0.3) is 0 Å². The molecule has 3 aliphatic rings. The Morgan fingerprint density at radius 2 is 2.00 bits per heavy atom. The minimum Gasteiger partial charge on any atom is -0.342 e. The predicted molar refractivity (Wildman–Crippen MR) is 110 cm³/mol. The second kappa shape index (κ2) is 7.36. The van der Waals surface area contributed by atoms with Crippen LogP contribution in [0.25, 0.3) is 11.1 Å². The van der Waals surface area contributed by atoms with Crippen molar-refractivity contribution < 1.29 is 9.18 Å². The first kappa shape index (κ1) is 18.5. The predicted octanol–water partition coefficient (Wildman–Crippen LogP) is 4.51. The van der Waals surface area contributed by atoms with Gasteiger partial charge >= 0.3 is 0 Å². The molecular weight excluding hydrogens is 365 g/mol. The zero-order valence-corrected chi connectivity index (χ0v) is 16.7. The fourth-order valence-electron chi connectivity index (χ4n) is 5.35. The fraction of sp³-hybridized carbons (Fsp3) is 0.458. The number of nitrogens with zero attached hydrogens (tertiary/aromatic N) is 3. The molecule has 4 atom stereocenters. The van der Waals surface area contributed by atoms with E-state index in [0.717, 1.165) is 54.9 Å². The molecule has 1 saturated carbocycles. The Hall–Kier alpha value is -2.56. The van der Waals surface area contributed by atoms with Crippen LogP contribution in [0, 0.1) is 30.5 Å². The fourth-order valence-corrected chi connectivity index (χ4v) is 5.35. The van der Waals surface area contributed by atoms with Gasteiger partial charge < -0.3 is 4.90 Å². The Bertz CT molecular complexity index is 955. The first-order chi connectivity index (χ1) is 14.1. The Kier molecular flexibility index (Phi) is 4.69. The van der Waals surface area contributed by atoms with Crippen LogP contribution in [0.4, 0.5) is 4.39 Å². The summed E-state index contributed by atoms with van der Waals surface area (Å²) < 4.78 is 13.4. The van der Waals surface area contributed by atoms with Crippen LogP contribution in [0.1, 0.15) is 43.1 Å². The summed E-state index contributed by atoms with van der Waals surface area (Å²) in [5.74, 6) is 2.18. The van der Waals surface area contributed by atoms with E-state index >= 15 is 0 Å². The largest absolute Gasteiger partial charge is 0.342 e. The van der Waals surface area contributed by atoms with Crippen LogP contribution in [0.15, 0.2) is 42.6 Å². The highest BCUT2D eigenvalue weighted by molar-refractivity contribution is 5.80. The molecule has 0 radical (unpaired) electrons. The first-order valence-corrected chi connectivity index (χ1v) is 10.6. The van der Waals surface area contributed by atoms with Crippen molar-refractivity contribution in [3.8, 4) is 11.1 Å². The van der Waals surface area contributed by atoms with Gasteiger partial charge in [0, 0.05) is 36.7 Å². The third kappa shape index (κ3) is 3.47. The van der Waals surface area contributed by atoms with Gasteiger partial charge in [0.1, 0.15) is 11.6 Å². The number of benzene rings is 1. The molecule has 2 heterocycles. The molecule has 150 valence electrons. The molecule has 2 aliphatic carbocycles. The van der Waals surface area contributed by atoms with E-state index in [1.807, 2.05) is 13.1 Å². The molecule has 5 heteroatoms. The summed E-state index contributed by atoms with van der Waals surface area (Å²) in [6.07, 6.45) is 10.5. The van der Waals surface area contributed by atoms with Crippen molar-refractivity contribution >= 4 is 5.91 Å². The van der Waals surface area contributed by atoms with E-state index in [4.69, 9.17) is 4.98 Å². The summed E-state index contributed by atoms with van der Waals surface area (Å²) in [5, 5.41) is 0. The van der Waals surface area contributed by atoms with Gasteiger partial charge in [-0.05, 0) is 62.1 Å². The number of amides is 1. The maximum atomic E-state index is 13.4. The van der Waals surface area contributed by atoms with E-state index in [0.29, 0.717) is 24.3 Å². The highest BCUT2D eigenvalue weighted by Crippen LogP contribution is 2.45. The number of carbonyl (C=O) groups is 1. The van der Waals surface area contributed by atoms with Gasteiger partial charge in [-0.15, -0.1) is 0 Å². The zero-order chi connectivity index (χ0) is 20.0. The maximum Gasteiger partial charge on any atom is 0.226 e. The zero-order valence-electron chi connectivity index (χ0n) is 16.7. The normalized spacial score (nSPS) is 28.1. The summed E-state index contributed by atoms with van der Waals surface area (Å²) in [6, 6.07) is 6.50. The van der Waals surface area contributed by atoms with Crippen molar-refractivity contribution in [2.24, 2.45) is 17.8 Å². The van der Waals surface area contributed by atoms with Crippen LogP contribution in [0.2, 0.25) is 0 Å². The topological polar surface area (TPSA) is 46.1 Å². The van der Waals surface area contributed by atoms with Crippen molar-refractivity contribution in [1.82, 2.24) is 14.9 Å². The summed E-state index contributed by atoms with van der Waals surface area (Å²) >= 11 is 0. The quantitative estimate of drug-likeness (QED) is 0.723. The number of piperidine rings is 1. The van der Waals surface area contributed by atoms with Crippen molar-refractivity contribution in [3.05, 3.63) is 59.9 Å². The Morgan fingerprint density at radius 1 is 1.17 bits per heavy atom. The number of fused-ring (bicyclic) bond motifs is 2. The van der Waals surface area contributed by atoms with Gasteiger partial charge in [0.15, 0.2) is 0 Å². The number of aromatic nitrogens is 2. The molecule has 1 aromatic carbocycles. The number of hydrogen-bond acceptors (Lipinski definition) is 3. The number of carbonyl (C=O) groups excluding carboxylic acids is 1. The molecular formula is C24H26FN3O. The number of rotatable bonds is 3. The minimum atomic E-state index is -0.252. The third-order valence-corrected chi connectivity index (χ3v) is 6.81. The second-order valence-corrected chi connectivity index (χ2v) is 8.73. The van der Waals surface area contributed by atoms with E-state index in [1.165, 1.54) is 12.1 Å². The SMILES string of the molecule is Cc1ncc(-c2ccc(F)cc2)c(C2CCCN(C(=O)[C@H]3C[C@@H]4C=C[C@H]3C4)C2)n1. The highest BCUT2D eigenvalue weighted by Gasteiger charge is 2.42. The lowest BCUT2D eigenvalue weighted by atomic mass is 9.87. The van der Waals surface area contributed by atoms with Crippen molar-refractivity contribution in [3.63, 3.8) is 0 Å². The molecule has 1 saturated heterocycles. The number of allylic oxidation sites excluding steroid dienone is 2. The smallest absolute Gasteiger partial charge is 0.226 e. The summed E-state index contributed by atoms with van der Waals surface area (Å²) in [7, 11) is 0. The van der Waals surface area contributed by atoms with Gasteiger partial charge in [0.05, 0.1) is 5.69 Å². The van der Waals surface area contributed by atoms with E-state index in [2.05, 4.69) is 22.0 Å². The molecule has 1 amide bonds. The van der Waals surface area contributed by atoms with Crippen LogP contribution in [0.3, 0.4) is 0 Å². The van der Waals surface area contributed by atoms with Crippen LogP contribution >= 0.6 is 0 Å². The summed E-state index contributed by atoms with van der Waals surface area (Å²) in [6.45, 7) is 3.44. The molecule has 1 unspecified atom stereocenters. The maximum absolute atomic E-state index is 13.4. The average Bonchev–Trinajstić information content (AvgIpc) is 3.38. The van der Waals surface area contributed by atoms with Crippen LogP contribution in [-0.2, 0) is 4.79 Å². The van der Waals surface area contributed by atoms with Crippen LogP contribution in [0.5, 0.6) is 0 Å². The Balaban J connectivity index is 1.40. The van der Waals surface area contributed by atoms with Gasteiger partial charge in [-0.25, -0.2) is 14.4 Å². The van der Waals surface area contributed by atoms with E-state index < -0.39 is 0 Å². The van der Waals surface area contributed by atoms with E-state index in [9.17, 15) is 9.18 Å². The molecule has 2 bridgehead atoms. The second-order valence-electron chi connectivity index (χ2n) is 8.73. The monoisotopic (exact) mass is 391 g/mol. The summed E-state index contributed by atoms with van der Waals surface area (Å²) in [4.78, 5) is 24.5. The Labute approximate surface area is 170 Å². The van der Waals surface area contributed by atoms with Gasteiger partial charge in [-0.1, -0.05) is 24.3 Å². The third-order valence-electron chi connectivity index (χ3n) is 6.81. The molecule has 5 rings (SSSR count). The highest BCUT2D eigenvalue weighted by atomic mass is 19.1. The molecule has 1 aliphatic heterocycles. The lowest BCUT2D eigenvalue weighted by molar-refractivity contribution is -0.137. The molecule has 0 spiro atoms. The van der Waals surface area contributed by atoms with Crippen LogP contribution in [-0.4, -0.2) is 33.9 Å². The van der Waals surface area contributed by atoms with E-state index in [1.54, 1.807) is 12.1 Å². The van der Waals surface area contributed by atoms with Crippen molar-refractivity contribution in [2.75, 3.05) is 13.1 Å². The van der Waals surface area contributed by atoms with Gasteiger partial charge in [-0.3, -0.25) is 4.79 Å². The molecule has 1 aromatic heterocycles. The molecule has 4 nitrogen and oxygen atoms in total. The standard InChI is InChI=1S/C24H26FN3O/c1-15-26-13-22(17-6-8-20(25)9-7-17)23(27-15)19-3-2-10-28(14-19)24(29)21-12-16-4-5-18(21)11-16/h4-9,13,16,18-19,21H,2-3,10-12,14H2,1H3/t16-,18+,19?,21+/m1/s1. The number of likely N-dealkylation sites (tertiary alicyclic amines) is 1. The first-order valence-electron chi connectivity index (χ1n) is 10.6. The van der Waals surface area contributed by atoms with Crippen molar-refractivity contribution in [2.45, 2.75) is 38.5 Å². The number of hydrogen-bond donors (Lipinski definition) is 0. The molecule has 2 aromatic rings. The number of halogens is 1. The van der Waals surface area contributed by atoms with Gasteiger partial charge in [0.2, 0.25) is 5.91 Å². The lowest BCUT2D eigenvalue weighted by Crippen LogP contribution is -2.43. The molecule has 2 fully saturated rings. The van der Waals surface area contributed by atoms with E-state index in [-0.39, 0.29) is 17.7 Å². The Morgan fingerprint density at radius 3 is 2.72 bits per heavy atom. The molecule has 0 N–H and O–H groups in total. The lowest BCUT2D eigenvalue weighted by Gasteiger charge is -2.36. The van der Waals surface area contributed by atoms with Crippen molar-refractivity contribution in [1.29, 1.82) is 0 Å². The summed E-state index contributed by atoms with van der Waals surface area (Å²) in [5.41, 5.74) is 2.84. The van der Waals surface area contributed by atoms with Gasteiger partial charge in [-0.2, -0.15) is 0 Å². The average molecular weight is 391 g/mol. The van der Waals surface area contributed by atoms with Crippen LogP contribution < -0.4 is 0 Å². The molecule has 29 heavy (non-hydrogen) atoms. The number of aryl methyl sites for hydroxylation is 1.